The molecule has 1 saturated heterocycles. The van der Waals surface area contributed by atoms with Gasteiger partial charge >= 0.3 is 0 Å². The van der Waals surface area contributed by atoms with Crippen LogP contribution >= 0.6 is 0 Å². The Bertz CT molecular complexity index is 610. The predicted octanol–water partition coefficient (Wildman–Crippen LogP) is 2.23. The number of hydrogen-bond donors (Lipinski definition) is 1. The Labute approximate surface area is 129 Å². The number of rotatable bonds is 4. The van der Waals surface area contributed by atoms with Crippen LogP contribution < -0.4 is 5.32 Å². The minimum absolute atomic E-state index is 0.0104. The number of likely N-dealkylation sites (tertiary alicyclic amines) is 1. The maximum Gasteiger partial charge on any atom is 0.229 e. The van der Waals surface area contributed by atoms with E-state index >= 15 is 0 Å². The Hall–Kier alpha value is -2.21. The summed E-state index contributed by atoms with van der Waals surface area (Å²) in [6, 6.07) is 5.64. The Kier molecular flexibility index (Phi) is 4.48. The van der Waals surface area contributed by atoms with Crippen LogP contribution in [-0.4, -0.2) is 34.0 Å². The summed E-state index contributed by atoms with van der Waals surface area (Å²) in [7, 11) is 0. The van der Waals surface area contributed by atoms with Crippen LogP contribution in [0, 0.1) is 12.8 Å². The highest BCUT2D eigenvalue weighted by Crippen LogP contribution is 2.19. The number of pyridine rings is 1. The first-order valence-electron chi connectivity index (χ1n) is 7.56. The Morgan fingerprint density at radius 1 is 1.45 bits per heavy atom. The number of piperidine rings is 1. The van der Waals surface area contributed by atoms with Crippen molar-refractivity contribution in [3.63, 3.8) is 0 Å². The molecule has 2 aromatic rings. The topological polar surface area (TPSA) is 71.3 Å². The minimum atomic E-state index is -0.0104. The Balaban J connectivity index is 1.56. The molecule has 22 heavy (non-hydrogen) atoms. The number of aromatic nitrogens is 2. The molecule has 1 amide bonds. The molecule has 2 aromatic heterocycles. The lowest BCUT2D eigenvalue weighted by atomic mass is 9.97. The summed E-state index contributed by atoms with van der Waals surface area (Å²) < 4.78 is 4.85. The molecular weight excluding hydrogens is 280 g/mol. The number of carbonyl (C=O) groups is 1. The lowest BCUT2D eigenvalue weighted by Crippen LogP contribution is -2.40. The van der Waals surface area contributed by atoms with Crippen molar-refractivity contribution < 1.29 is 9.32 Å². The molecule has 1 N–H and O–H groups in total. The third-order valence-electron chi connectivity index (χ3n) is 3.92. The summed E-state index contributed by atoms with van der Waals surface area (Å²) in [5, 5.41) is 6.84. The van der Waals surface area contributed by atoms with Crippen LogP contribution in [0.1, 0.15) is 24.1 Å². The van der Waals surface area contributed by atoms with Gasteiger partial charge in [0.25, 0.3) is 0 Å². The number of aryl methyl sites for hydroxylation is 1. The van der Waals surface area contributed by atoms with E-state index in [9.17, 15) is 4.79 Å². The average molecular weight is 300 g/mol. The van der Waals surface area contributed by atoms with E-state index in [4.69, 9.17) is 4.52 Å². The molecule has 3 heterocycles. The molecule has 1 aliphatic heterocycles. The first kappa shape index (κ1) is 14.7. The Morgan fingerprint density at radius 3 is 3.09 bits per heavy atom. The van der Waals surface area contributed by atoms with Crippen molar-refractivity contribution in [2.24, 2.45) is 5.92 Å². The summed E-state index contributed by atoms with van der Waals surface area (Å²) in [4.78, 5) is 18.9. The van der Waals surface area contributed by atoms with Crippen LogP contribution in [0.5, 0.6) is 0 Å². The largest absolute Gasteiger partial charge is 0.364 e. The van der Waals surface area contributed by atoms with Crippen LogP contribution in [0.15, 0.2) is 35.2 Å². The van der Waals surface area contributed by atoms with Gasteiger partial charge in [-0.3, -0.25) is 9.69 Å². The quantitative estimate of drug-likeness (QED) is 0.937. The van der Waals surface area contributed by atoms with Crippen LogP contribution in [0.25, 0.3) is 0 Å². The van der Waals surface area contributed by atoms with Gasteiger partial charge in [-0.15, -0.1) is 0 Å². The molecule has 0 bridgehead atoms. The van der Waals surface area contributed by atoms with E-state index < -0.39 is 0 Å². The number of nitrogens with zero attached hydrogens (tertiary/aromatic N) is 3. The lowest BCUT2D eigenvalue weighted by Gasteiger charge is -2.31. The van der Waals surface area contributed by atoms with Crippen molar-refractivity contribution in [2.75, 3.05) is 18.4 Å². The van der Waals surface area contributed by atoms with Crippen LogP contribution in [-0.2, 0) is 11.3 Å². The summed E-state index contributed by atoms with van der Waals surface area (Å²) in [6.07, 6.45) is 5.25. The fourth-order valence-corrected chi connectivity index (χ4v) is 2.73. The molecule has 0 radical (unpaired) electrons. The maximum absolute atomic E-state index is 12.4. The summed E-state index contributed by atoms with van der Waals surface area (Å²) in [5.74, 6) is 0.647. The van der Waals surface area contributed by atoms with Crippen molar-refractivity contribution in [3.8, 4) is 0 Å². The van der Waals surface area contributed by atoms with E-state index in [-0.39, 0.29) is 11.8 Å². The monoisotopic (exact) mass is 300 g/mol. The number of amides is 1. The second-order valence-electron chi connectivity index (χ2n) is 5.78. The van der Waals surface area contributed by atoms with Crippen molar-refractivity contribution in [3.05, 3.63) is 41.9 Å². The standard InChI is InChI=1S/C16H20N4O2/c1-12-4-5-15(17-9-12)18-16(21)13-3-2-7-20(10-13)11-14-6-8-22-19-14/h4-6,8-9,13H,2-3,7,10-11H2,1H3,(H,17,18,21)/t13-/m1/s1. The second kappa shape index (κ2) is 6.70. The molecule has 0 spiro atoms. The second-order valence-corrected chi connectivity index (χ2v) is 5.78. The lowest BCUT2D eigenvalue weighted by molar-refractivity contribution is -0.121. The van der Waals surface area contributed by atoms with E-state index in [1.54, 1.807) is 12.5 Å². The molecule has 0 unspecified atom stereocenters. The third-order valence-corrected chi connectivity index (χ3v) is 3.92. The smallest absolute Gasteiger partial charge is 0.229 e. The molecule has 0 aromatic carbocycles. The van der Waals surface area contributed by atoms with E-state index in [0.717, 1.165) is 43.7 Å². The highest BCUT2D eigenvalue weighted by Gasteiger charge is 2.26. The van der Waals surface area contributed by atoms with Crippen LogP contribution in [0.4, 0.5) is 5.82 Å². The summed E-state index contributed by atoms with van der Waals surface area (Å²) in [6.45, 7) is 4.43. The Morgan fingerprint density at radius 2 is 2.36 bits per heavy atom. The van der Waals surface area contributed by atoms with Crippen molar-refractivity contribution in [2.45, 2.75) is 26.3 Å². The molecule has 6 nitrogen and oxygen atoms in total. The summed E-state index contributed by atoms with van der Waals surface area (Å²) in [5.41, 5.74) is 1.98. The van der Waals surface area contributed by atoms with Crippen LogP contribution in [0.3, 0.4) is 0 Å². The zero-order valence-electron chi connectivity index (χ0n) is 12.7. The number of anilines is 1. The van der Waals surface area contributed by atoms with Crippen molar-refractivity contribution >= 4 is 11.7 Å². The highest BCUT2D eigenvalue weighted by molar-refractivity contribution is 5.91. The van der Waals surface area contributed by atoms with Crippen molar-refractivity contribution in [1.29, 1.82) is 0 Å². The van der Waals surface area contributed by atoms with Gasteiger partial charge < -0.3 is 9.84 Å². The predicted molar refractivity (Wildman–Crippen MR) is 82.1 cm³/mol. The molecule has 0 saturated carbocycles. The van der Waals surface area contributed by atoms with E-state index in [2.05, 4.69) is 20.4 Å². The van der Waals surface area contributed by atoms with Gasteiger partial charge in [0.15, 0.2) is 0 Å². The van der Waals surface area contributed by atoms with Gasteiger partial charge in [0.1, 0.15) is 12.1 Å². The molecular formula is C16H20N4O2. The zero-order valence-corrected chi connectivity index (χ0v) is 12.7. The molecule has 1 aliphatic rings. The SMILES string of the molecule is Cc1ccc(NC(=O)[C@@H]2CCCN(Cc3ccon3)C2)nc1. The summed E-state index contributed by atoms with van der Waals surface area (Å²) >= 11 is 0. The molecule has 1 fully saturated rings. The molecule has 1 atom stereocenters. The van der Waals surface area contributed by atoms with Crippen LogP contribution in [0.2, 0.25) is 0 Å². The van der Waals surface area contributed by atoms with Gasteiger partial charge in [-0.05, 0) is 37.9 Å². The highest BCUT2D eigenvalue weighted by atomic mass is 16.5. The third kappa shape index (κ3) is 3.71. The van der Waals surface area contributed by atoms with Crippen molar-refractivity contribution in [1.82, 2.24) is 15.0 Å². The molecule has 6 heteroatoms. The molecule has 3 rings (SSSR count). The number of hydrogen-bond acceptors (Lipinski definition) is 5. The number of carbonyl (C=O) groups excluding carboxylic acids is 1. The van der Waals surface area contributed by atoms with E-state index in [1.165, 1.54) is 0 Å². The minimum Gasteiger partial charge on any atom is -0.364 e. The molecule has 116 valence electrons. The maximum atomic E-state index is 12.4. The van der Waals surface area contributed by atoms with Gasteiger partial charge in [-0.1, -0.05) is 11.2 Å². The van der Waals surface area contributed by atoms with Gasteiger partial charge in [-0.25, -0.2) is 4.98 Å². The van der Waals surface area contributed by atoms with Gasteiger partial charge in [0, 0.05) is 25.4 Å². The fourth-order valence-electron chi connectivity index (χ4n) is 2.73. The zero-order chi connectivity index (χ0) is 15.4. The average Bonchev–Trinajstić information content (AvgIpc) is 3.03. The normalized spacial score (nSPS) is 19.0. The first-order chi connectivity index (χ1) is 10.7. The number of nitrogens with one attached hydrogen (secondary N) is 1. The van der Waals surface area contributed by atoms with E-state index in [1.807, 2.05) is 25.1 Å². The van der Waals surface area contributed by atoms with E-state index in [0.29, 0.717) is 5.82 Å². The van der Waals surface area contributed by atoms with Gasteiger partial charge in [0.2, 0.25) is 5.91 Å². The molecule has 0 aliphatic carbocycles. The fraction of sp³-hybridized carbons (Fsp3) is 0.438. The van der Waals surface area contributed by atoms with Gasteiger partial charge in [-0.2, -0.15) is 0 Å². The van der Waals surface area contributed by atoms with Gasteiger partial charge in [0.05, 0.1) is 11.6 Å². The first-order valence-corrected chi connectivity index (χ1v) is 7.56.